The number of nitrogens with one attached hydrogen (secondary N) is 3. The fraction of sp³-hybridized carbons (Fsp3) is 0.0588. The van der Waals surface area contributed by atoms with Gasteiger partial charge in [0.1, 0.15) is 57.5 Å². The van der Waals surface area contributed by atoms with Crippen LogP contribution >= 0.6 is 11.6 Å². The second-order valence-corrected chi connectivity index (χ2v) is 22.8. The Hall–Kier alpha value is -7.01. The Morgan fingerprint density at radius 3 is 1.78 bits per heavy atom. The maximum absolute atomic E-state index is 12.5. The van der Waals surface area contributed by atoms with Crippen LogP contribution in [0.15, 0.2) is 124 Å². The lowest BCUT2D eigenvalue weighted by atomic mass is 10.1. The third-order valence-electron chi connectivity index (χ3n) is 8.87. The number of carbonyl (C=O) groups is 1. The summed E-state index contributed by atoms with van der Waals surface area (Å²) < 4.78 is 205. The number of rotatable bonds is 18. The number of carbonyl (C=O) groups excluding carboxylic acids is 1. The number of primary amides is 1. The summed E-state index contributed by atoms with van der Waals surface area (Å²) in [5.41, 5.74) is 8.42. The Morgan fingerprint density at radius 1 is 0.597 bits per heavy atom. The van der Waals surface area contributed by atoms with Crippen LogP contribution in [0.4, 0.5) is 62.2 Å². The van der Waals surface area contributed by atoms with Gasteiger partial charge >= 0.3 is 6.03 Å². The van der Waals surface area contributed by atoms with Crippen LogP contribution < -0.4 is 27.4 Å². The van der Waals surface area contributed by atoms with Crippen LogP contribution in [0.3, 0.4) is 0 Å². The first-order valence-corrected chi connectivity index (χ1v) is 27.5. The normalized spacial score (nSPS) is 12.9. The first kappa shape index (κ1) is 54.3. The average Bonchev–Trinajstić information content (AvgIpc) is 3.23. The zero-order valence-corrected chi connectivity index (χ0v) is 40.4. The third-order valence-corrected chi connectivity index (χ3v) is 14.6. The highest BCUT2D eigenvalue weighted by atomic mass is 35.5. The summed E-state index contributed by atoms with van der Waals surface area (Å²) in [5.74, 6) is -1.65. The fourth-order valence-electron chi connectivity index (χ4n) is 5.88. The summed E-state index contributed by atoms with van der Waals surface area (Å²) in [6, 6.07) is 10.1. The van der Waals surface area contributed by atoms with Gasteiger partial charge in [0.2, 0.25) is 27.6 Å². The lowest BCUT2D eigenvalue weighted by molar-refractivity contribution is 0.259. The van der Waals surface area contributed by atoms with Crippen LogP contribution in [0.5, 0.6) is 0 Å². The van der Waals surface area contributed by atoms with Crippen LogP contribution in [0.1, 0.15) is 0 Å². The quantitative estimate of drug-likeness (QED) is 0.0357. The number of amides is 2. The summed E-state index contributed by atoms with van der Waals surface area (Å²) in [6.45, 7) is -0.961. The van der Waals surface area contributed by atoms with Gasteiger partial charge in [-0.1, -0.05) is 0 Å². The van der Waals surface area contributed by atoms with Gasteiger partial charge in [-0.05, 0) is 95.8 Å². The van der Waals surface area contributed by atoms with Crippen LogP contribution in [0.25, 0.3) is 10.8 Å². The SMILES string of the molecule is NC(=O)Nc1cc(Nc2nc(Cl)nc(Nc3cc(N)c(S(=O)(=O)[O-])cc3N=Nc3ccc(S(=O)(=O)CCOS(=O)(=O)[O-])cc3)n2)ccc1N=Nc1cc2c(S(=O)(=O)[O-])cc(S(=O)(=O)[O-])cc2cc1S(=O)(=O)[O-]. The molecule has 0 atom stereocenters. The van der Waals surface area contributed by atoms with Gasteiger partial charge in [-0.15, -0.1) is 15.3 Å². The molecule has 31 nitrogen and oxygen atoms in total. The van der Waals surface area contributed by atoms with Gasteiger partial charge in [0, 0.05) is 11.1 Å². The van der Waals surface area contributed by atoms with Crippen molar-refractivity contribution in [1.82, 2.24) is 15.0 Å². The minimum absolute atomic E-state index is 0.000154. The number of fused-ring (bicyclic) bond motifs is 1. The molecule has 0 aliphatic heterocycles. The van der Waals surface area contributed by atoms with Gasteiger partial charge in [-0.25, -0.2) is 55.3 Å². The van der Waals surface area contributed by atoms with E-state index in [4.69, 9.17) is 23.1 Å². The average molecular weight is 1130 g/mol. The molecule has 6 rings (SSSR count). The van der Waals surface area contributed by atoms with Crippen molar-refractivity contribution in [2.24, 2.45) is 26.2 Å². The summed E-state index contributed by atoms with van der Waals surface area (Å²) in [5, 5.41) is 21.1. The summed E-state index contributed by atoms with van der Waals surface area (Å²) in [4.78, 5) is 19.0. The lowest BCUT2D eigenvalue weighted by Gasteiger charge is -2.17. The van der Waals surface area contributed by atoms with Crippen LogP contribution in [0, 0.1) is 0 Å². The molecular formula is C34H24ClN12O19S6-5. The number of hydrogen-bond acceptors (Lipinski definition) is 29. The predicted molar refractivity (Wildman–Crippen MR) is 240 cm³/mol. The standard InChI is InChI=1S/C34H29ClN12O19S6/c35-31-41-33(43-34(42-31)40-25-14-22(36)29(70(57,58)59)15-26(25)46-44-17-1-4-19(5-2-17)67(49,50)8-7-66-72(63,64)65)38-18-3-6-23(24(11-18)39-32(37)48)45-47-27-13-21-16(10-30(27)71(60,61)62)9-20(68(51,52)53)12-28(21)69(54,55)56/h1-6,9-15H,7-8,36H2,(H3,37,39,48)(H,51,52,53)(H,54,55,56)(H,57,58,59)(H,60,61,62)(H,63,64,65)(H2,38,40,41,42,43)/p-5. The van der Waals surface area contributed by atoms with Crippen LogP contribution in [-0.2, 0) is 64.9 Å². The molecule has 0 saturated carbocycles. The van der Waals surface area contributed by atoms with E-state index in [2.05, 4.69) is 55.5 Å². The number of aromatic nitrogens is 3. The molecule has 7 N–H and O–H groups in total. The topological polar surface area (TPSA) is 523 Å². The van der Waals surface area contributed by atoms with Crippen molar-refractivity contribution in [3.05, 3.63) is 84.1 Å². The van der Waals surface area contributed by atoms with Crippen molar-refractivity contribution in [2.75, 3.05) is 34.0 Å². The molecule has 38 heteroatoms. The summed E-state index contributed by atoms with van der Waals surface area (Å²) >= 11 is 6.16. The molecule has 0 radical (unpaired) electrons. The molecule has 0 fully saturated rings. The first-order valence-electron chi connectivity index (χ1n) is 18.5. The van der Waals surface area contributed by atoms with Crippen molar-refractivity contribution >= 4 is 147 Å². The maximum atomic E-state index is 12.5. The maximum Gasteiger partial charge on any atom is 0.316 e. The van der Waals surface area contributed by atoms with Crippen molar-refractivity contribution in [3.8, 4) is 0 Å². The Balaban J connectivity index is 1.32. The molecule has 382 valence electrons. The molecule has 5 aromatic carbocycles. The lowest BCUT2D eigenvalue weighted by Crippen LogP contribution is -2.19. The molecule has 0 spiro atoms. The van der Waals surface area contributed by atoms with Gasteiger partial charge in [0.15, 0.2) is 9.84 Å². The summed E-state index contributed by atoms with van der Waals surface area (Å²) in [6.07, 6.45) is 0. The second kappa shape index (κ2) is 20.2. The summed E-state index contributed by atoms with van der Waals surface area (Å²) in [7, 11) is -31.1. The monoisotopic (exact) mass is 1130 g/mol. The van der Waals surface area contributed by atoms with E-state index < -0.39 is 138 Å². The van der Waals surface area contributed by atoms with Crippen molar-refractivity contribution in [3.63, 3.8) is 0 Å². The Morgan fingerprint density at radius 2 is 1.19 bits per heavy atom. The van der Waals surface area contributed by atoms with Gasteiger partial charge in [-0.2, -0.15) is 20.1 Å². The molecule has 0 saturated heterocycles. The minimum atomic E-state index is -5.57. The highest BCUT2D eigenvalue weighted by Gasteiger charge is 2.21. The van der Waals surface area contributed by atoms with Crippen molar-refractivity contribution < 1.29 is 82.2 Å². The molecule has 2 amide bonds. The number of nitrogens with zero attached hydrogens (tertiary/aromatic N) is 7. The molecule has 0 unspecified atom stereocenters. The van der Waals surface area contributed by atoms with Gasteiger partial charge < -0.3 is 50.2 Å². The minimum Gasteiger partial charge on any atom is -0.744 e. The number of azo groups is 2. The molecule has 0 bridgehead atoms. The smallest absolute Gasteiger partial charge is 0.316 e. The molecule has 0 aliphatic rings. The highest BCUT2D eigenvalue weighted by molar-refractivity contribution is 7.91. The Kier molecular flexibility index (Phi) is 15.3. The van der Waals surface area contributed by atoms with Crippen molar-refractivity contribution in [1.29, 1.82) is 0 Å². The number of sulfone groups is 1. The number of halogens is 1. The molecule has 72 heavy (non-hydrogen) atoms. The Bertz CT molecular complexity index is 3980. The van der Waals surface area contributed by atoms with E-state index >= 15 is 0 Å². The van der Waals surface area contributed by atoms with Gasteiger partial charge in [-0.3, -0.25) is 4.18 Å². The van der Waals surface area contributed by atoms with E-state index in [1.54, 1.807) is 0 Å². The third kappa shape index (κ3) is 13.9. The predicted octanol–water partition coefficient (Wildman–Crippen LogP) is 2.94. The molecule has 1 heterocycles. The molecule has 0 aliphatic carbocycles. The van der Waals surface area contributed by atoms with E-state index in [0.29, 0.717) is 18.2 Å². The van der Waals surface area contributed by atoms with E-state index in [9.17, 15) is 78.1 Å². The van der Waals surface area contributed by atoms with Crippen LogP contribution in [0.2, 0.25) is 5.28 Å². The number of anilines is 6. The molecule has 1 aromatic heterocycles. The van der Waals surface area contributed by atoms with E-state index in [-0.39, 0.29) is 45.3 Å². The number of hydrogen-bond donors (Lipinski definition) is 5. The molecule has 6 aromatic rings. The first-order chi connectivity index (χ1) is 33.2. The largest absolute Gasteiger partial charge is 0.744 e. The highest BCUT2D eigenvalue weighted by Crippen LogP contribution is 2.39. The van der Waals surface area contributed by atoms with Gasteiger partial charge in [0.25, 0.3) is 0 Å². The van der Waals surface area contributed by atoms with Crippen LogP contribution in [-0.4, -0.2) is 107 Å². The van der Waals surface area contributed by atoms with E-state index in [0.717, 1.165) is 48.5 Å². The van der Waals surface area contributed by atoms with E-state index in [1.807, 2.05) is 0 Å². The number of benzene rings is 5. The molecular weight excluding hydrogens is 1110 g/mol. The zero-order valence-electron chi connectivity index (χ0n) is 34.8. The van der Waals surface area contributed by atoms with E-state index in [1.165, 1.54) is 6.07 Å². The number of urea groups is 1. The van der Waals surface area contributed by atoms with Gasteiger partial charge in [0.05, 0.1) is 59.6 Å². The van der Waals surface area contributed by atoms with Crippen molar-refractivity contribution in [2.45, 2.75) is 24.5 Å². The second-order valence-electron chi connectivity index (χ2n) is 13.9. The number of nitrogens with two attached hydrogens (primary N) is 2. The zero-order chi connectivity index (χ0) is 53.4. The Labute approximate surface area is 410 Å². The number of nitrogen functional groups attached to an aromatic ring is 1. The fourth-order valence-corrected chi connectivity index (χ4v) is 10.1.